The first-order chi connectivity index (χ1) is 12.7. The summed E-state index contributed by atoms with van der Waals surface area (Å²) in [6, 6.07) is 6.27. The molecular formula is C19H27N5O2. The van der Waals surface area contributed by atoms with E-state index < -0.39 is 0 Å². The van der Waals surface area contributed by atoms with Crippen LogP contribution in [0.15, 0.2) is 18.2 Å². The highest BCUT2D eigenvalue weighted by Gasteiger charge is 2.22. The molecule has 140 valence electrons. The maximum Gasteiger partial charge on any atom is 0.273 e. The summed E-state index contributed by atoms with van der Waals surface area (Å²) in [5, 5.41) is 11.3. The Morgan fingerprint density at radius 3 is 3.00 bits per heavy atom. The Bertz CT molecular complexity index is 771. The van der Waals surface area contributed by atoms with Crippen LogP contribution in [0.3, 0.4) is 0 Å². The van der Waals surface area contributed by atoms with E-state index in [0.29, 0.717) is 12.2 Å². The number of hydrogen-bond donors (Lipinski definition) is 1. The van der Waals surface area contributed by atoms with Crippen molar-refractivity contribution in [2.75, 3.05) is 33.4 Å². The predicted octanol–water partition coefficient (Wildman–Crippen LogP) is 1.72. The molecule has 7 heteroatoms. The molecule has 3 rings (SSSR count). The van der Waals surface area contributed by atoms with Crippen LogP contribution in [0.25, 0.3) is 5.69 Å². The van der Waals surface area contributed by atoms with Gasteiger partial charge in [0, 0.05) is 33.3 Å². The van der Waals surface area contributed by atoms with Crippen molar-refractivity contribution < 1.29 is 9.53 Å². The summed E-state index contributed by atoms with van der Waals surface area (Å²) < 4.78 is 6.99. The van der Waals surface area contributed by atoms with E-state index in [9.17, 15) is 4.79 Å². The normalized spacial score (nSPS) is 14.3. The molecule has 2 aromatic rings. The van der Waals surface area contributed by atoms with Crippen molar-refractivity contribution >= 4 is 5.91 Å². The number of carbonyl (C=O) groups is 1. The molecule has 0 saturated carbocycles. The van der Waals surface area contributed by atoms with Crippen LogP contribution in [-0.4, -0.2) is 59.2 Å². The van der Waals surface area contributed by atoms with Crippen LogP contribution in [0.1, 0.15) is 40.7 Å². The van der Waals surface area contributed by atoms with Gasteiger partial charge in [-0.05, 0) is 37.0 Å². The van der Waals surface area contributed by atoms with Gasteiger partial charge in [0.25, 0.3) is 5.91 Å². The molecule has 0 fully saturated rings. The lowest BCUT2D eigenvalue weighted by Crippen LogP contribution is -2.33. The van der Waals surface area contributed by atoms with Gasteiger partial charge < -0.3 is 10.1 Å². The average molecular weight is 357 g/mol. The fourth-order valence-electron chi connectivity index (χ4n) is 3.35. The third kappa shape index (κ3) is 3.78. The van der Waals surface area contributed by atoms with Crippen LogP contribution in [-0.2, 0) is 17.7 Å². The van der Waals surface area contributed by atoms with Crippen LogP contribution >= 0.6 is 0 Å². The van der Waals surface area contributed by atoms with E-state index in [2.05, 4.69) is 32.7 Å². The fourth-order valence-corrected chi connectivity index (χ4v) is 3.35. The average Bonchev–Trinajstić information content (AvgIpc) is 3.05. The van der Waals surface area contributed by atoms with Crippen molar-refractivity contribution in [2.45, 2.75) is 33.2 Å². The van der Waals surface area contributed by atoms with E-state index in [1.165, 1.54) is 11.1 Å². The van der Waals surface area contributed by atoms with Gasteiger partial charge >= 0.3 is 0 Å². The minimum atomic E-state index is -0.161. The highest BCUT2D eigenvalue weighted by Crippen LogP contribution is 2.26. The number of hydrogen-bond acceptors (Lipinski definition) is 5. The number of methoxy groups -OCH3 is 1. The first kappa shape index (κ1) is 18.5. The highest BCUT2D eigenvalue weighted by atomic mass is 16.5. The zero-order valence-electron chi connectivity index (χ0n) is 15.8. The lowest BCUT2D eigenvalue weighted by Gasteiger charge is -2.29. The van der Waals surface area contributed by atoms with E-state index >= 15 is 0 Å². The molecule has 26 heavy (non-hydrogen) atoms. The molecule has 7 nitrogen and oxygen atoms in total. The number of ether oxygens (including phenoxy) is 1. The summed E-state index contributed by atoms with van der Waals surface area (Å²) in [5.41, 5.74) is 4.78. The Morgan fingerprint density at radius 2 is 2.23 bits per heavy atom. The van der Waals surface area contributed by atoms with Crippen molar-refractivity contribution in [3.05, 3.63) is 40.7 Å². The van der Waals surface area contributed by atoms with E-state index in [0.717, 1.165) is 50.5 Å². The molecule has 1 aromatic heterocycles. The topological polar surface area (TPSA) is 72.3 Å². The number of aromatic nitrogens is 3. The van der Waals surface area contributed by atoms with Gasteiger partial charge in [-0.15, -0.1) is 5.10 Å². The largest absolute Gasteiger partial charge is 0.383 e. The van der Waals surface area contributed by atoms with Crippen LogP contribution in [0.4, 0.5) is 0 Å². The SMILES string of the molecule is CCCNC(=O)c1nnn(-c2cccc3c2CCN(CCOC)C3)c1C. The fraction of sp³-hybridized carbons (Fsp3) is 0.526. The maximum absolute atomic E-state index is 12.3. The third-order valence-electron chi connectivity index (χ3n) is 4.81. The van der Waals surface area contributed by atoms with Crippen molar-refractivity contribution in [1.82, 2.24) is 25.2 Å². The van der Waals surface area contributed by atoms with Crippen LogP contribution < -0.4 is 5.32 Å². The second-order valence-electron chi connectivity index (χ2n) is 6.62. The molecule has 0 aliphatic carbocycles. The summed E-state index contributed by atoms with van der Waals surface area (Å²) >= 11 is 0. The van der Waals surface area contributed by atoms with Crippen molar-refractivity contribution in [1.29, 1.82) is 0 Å². The second-order valence-corrected chi connectivity index (χ2v) is 6.62. The number of rotatable bonds is 7. The summed E-state index contributed by atoms with van der Waals surface area (Å²) in [5.74, 6) is -0.161. The Morgan fingerprint density at radius 1 is 1.38 bits per heavy atom. The first-order valence-corrected chi connectivity index (χ1v) is 9.18. The number of fused-ring (bicyclic) bond motifs is 1. The Labute approximate surface area is 154 Å². The molecule has 1 aliphatic rings. The third-order valence-corrected chi connectivity index (χ3v) is 4.81. The number of nitrogens with one attached hydrogen (secondary N) is 1. The second kappa shape index (κ2) is 8.42. The zero-order valence-corrected chi connectivity index (χ0v) is 15.8. The van der Waals surface area contributed by atoms with E-state index in [1.807, 2.05) is 19.9 Å². The van der Waals surface area contributed by atoms with Gasteiger partial charge in [0.05, 0.1) is 18.0 Å². The molecule has 0 bridgehead atoms. The molecule has 0 atom stereocenters. The van der Waals surface area contributed by atoms with Crippen molar-refractivity contribution in [3.8, 4) is 5.69 Å². The van der Waals surface area contributed by atoms with Crippen molar-refractivity contribution in [3.63, 3.8) is 0 Å². The Hall–Kier alpha value is -2.25. The lowest BCUT2D eigenvalue weighted by molar-refractivity contribution is 0.0948. The Kier molecular flexibility index (Phi) is 6.00. The van der Waals surface area contributed by atoms with Gasteiger partial charge in [0.1, 0.15) is 0 Å². The minimum absolute atomic E-state index is 0.161. The van der Waals surface area contributed by atoms with Crippen molar-refractivity contribution in [2.24, 2.45) is 0 Å². The number of amides is 1. The summed E-state index contributed by atoms with van der Waals surface area (Å²) in [4.78, 5) is 14.7. The van der Waals surface area contributed by atoms with Gasteiger partial charge in [0.2, 0.25) is 0 Å². The highest BCUT2D eigenvalue weighted by molar-refractivity contribution is 5.93. The maximum atomic E-state index is 12.3. The Balaban J connectivity index is 1.85. The molecule has 1 aromatic carbocycles. The molecule has 0 radical (unpaired) electrons. The zero-order chi connectivity index (χ0) is 18.5. The molecule has 2 heterocycles. The quantitative estimate of drug-likeness (QED) is 0.817. The van der Waals surface area contributed by atoms with Gasteiger partial charge in [0.15, 0.2) is 5.69 Å². The first-order valence-electron chi connectivity index (χ1n) is 9.18. The summed E-state index contributed by atoms with van der Waals surface area (Å²) in [6.07, 6.45) is 1.84. The molecule has 1 amide bonds. The van der Waals surface area contributed by atoms with E-state index in [1.54, 1.807) is 11.8 Å². The number of benzene rings is 1. The van der Waals surface area contributed by atoms with Crippen LogP contribution in [0.2, 0.25) is 0 Å². The van der Waals surface area contributed by atoms with Gasteiger partial charge in [-0.25, -0.2) is 4.68 Å². The number of nitrogens with zero attached hydrogens (tertiary/aromatic N) is 4. The molecule has 1 N–H and O–H groups in total. The molecule has 0 spiro atoms. The predicted molar refractivity (Wildman–Crippen MR) is 99.6 cm³/mol. The minimum Gasteiger partial charge on any atom is -0.383 e. The lowest BCUT2D eigenvalue weighted by atomic mass is 9.97. The summed E-state index contributed by atoms with van der Waals surface area (Å²) in [6.45, 7) is 8.14. The monoisotopic (exact) mass is 357 g/mol. The molecule has 0 saturated heterocycles. The molecular weight excluding hydrogens is 330 g/mol. The van der Waals surface area contributed by atoms with Crippen LogP contribution in [0.5, 0.6) is 0 Å². The standard InChI is InChI=1S/C19H27N5O2/c1-4-9-20-19(25)18-14(2)24(22-21-18)17-7-5-6-15-13-23(11-12-26-3)10-8-16(15)17/h5-7H,4,8-13H2,1-3H3,(H,20,25). The van der Waals surface area contributed by atoms with Crippen LogP contribution in [0, 0.1) is 6.92 Å². The van der Waals surface area contributed by atoms with Gasteiger partial charge in [-0.3, -0.25) is 9.69 Å². The van der Waals surface area contributed by atoms with E-state index in [-0.39, 0.29) is 5.91 Å². The van der Waals surface area contributed by atoms with E-state index in [4.69, 9.17) is 4.74 Å². The smallest absolute Gasteiger partial charge is 0.273 e. The summed E-state index contributed by atoms with van der Waals surface area (Å²) in [7, 11) is 1.73. The number of carbonyl (C=O) groups excluding carboxylic acids is 1. The van der Waals surface area contributed by atoms with Gasteiger partial charge in [-0.2, -0.15) is 0 Å². The molecule has 0 unspecified atom stereocenters. The van der Waals surface area contributed by atoms with Gasteiger partial charge in [-0.1, -0.05) is 24.3 Å². The molecule has 1 aliphatic heterocycles.